The minimum Gasteiger partial charge on any atom is -0.496 e. The number of hydrogen-bond donors (Lipinski definition) is 3. The standard InChI is InChI=1S/C22H21N5O5/c1-12-26-27-22(32-12)15-11-13(7-9-18(15)31-2)23-19(28)10-8-17-21(30)24-16-6-4-3-5-14(16)20(29)25-17/h3-7,9,11,17H,8,10H2,1-2H3,(H,23,28)(H,24,30)(H,25,29). The summed E-state index contributed by atoms with van der Waals surface area (Å²) in [5.41, 5.74) is 1.88. The summed E-state index contributed by atoms with van der Waals surface area (Å²) in [6, 6.07) is 10.9. The number of aromatic nitrogens is 2. The van der Waals surface area contributed by atoms with E-state index in [2.05, 4.69) is 26.1 Å². The van der Waals surface area contributed by atoms with Gasteiger partial charge in [-0.15, -0.1) is 10.2 Å². The molecule has 2 heterocycles. The Kier molecular flexibility index (Phi) is 5.84. The van der Waals surface area contributed by atoms with Crippen molar-refractivity contribution < 1.29 is 23.5 Å². The van der Waals surface area contributed by atoms with E-state index < -0.39 is 6.04 Å². The molecule has 3 amide bonds. The van der Waals surface area contributed by atoms with Gasteiger partial charge in [0.15, 0.2) is 0 Å². The van der Waals surface area contributed by atoms with Gasteiger partial charge in [0.1, 0.15) is 11.8 Å². The fourth-order valence-corrected chi connectivity index (χ4v) is 3.37. The number of aryl methyl sites for hydroxylation is 1. The Bertz CT molecular complexity index is 1190. The molecule has 10 nitrogen and oxygen atoms in total. The molecule has 0 radical (unpaired) electrons. The molecule has 0 spiro atoms. The summed E-state index contributed by atoms with van der Waals surface area (Å²) in [5, 5.41) is 16.0. The number of nitrogens with zero attached hydrogens (tertiary/aromatic N) is 2. The van der Waals surface area contributed by atoms with Gasteiger partial charge < -0.3 is 25.1 Å². The lowest BCUT2D eigenvalue weighted by atomic mass is 10.1. The van der Waals surface area contributed by atoms with Crippen LogP contribution in [0.25, 0.3) is 11.5 Å². The summed E-state index contributed by atoms with van der Waals surface area (Å²) < 4.78 is 10.8. The van der Waals surface area contributed by atoms with Gasteiger partial charge in [-0.05, 0) is 36.8 Å². The summed E-state index contributed by atoms with van der Waals surface area (Å²) in [6.45, 7) is 1.68. The number of benzene rings is 2. The van der Waals surface area contributed by atoms with Crippen molar-refractivity contribution in [2.75, 3.05) is 17.7 Å². The SMILES string of the molecule is COc1ccc(NC(=O)CCC2NC(=O)c3ccccc3NC2=O)cc1-c1nnc(C)o1. The van der Waals surface area contributed by atoms with Crippen LogP contribution in [0, 0.1) is 6.92 Å². The summed E-state index contributed by atoms with van der Waals surface area (Å²) in [4.78, 5) is 37.4. The Morgan fingerprint density at radius 1 is 1.16 bits per heavy atom. The molecule has 0 saturated heterocycles. The van der Waals surface area contributed by atoms with Gasteiger partial charge in [-0.25, -0.2) is 0 Å². The molecule has 1 unspecified atom stereocenters. The minimum absolute atomic E-state index is 0.0236. The van der Waals surface area contributed by atoms with Crippen LogP contribution in [0.4, 0.5) is 11.4 Å². The molecular weight excluding hydrogens is 414 g/mol. The molecular formula is C22H21N5O5. The molecule has 1 atom stereocenters. The number of amides is 3. The zero-order valence-electron chi connectivity index (χ0n) is 17.5. The van der Waals surface area contributed by atoms with E-state index in [0.29, 0.717) is 34.1 Å². The highest BCUT2D eigenvalue weighted by Crippen LogP contribution is 2.31. The van der Waals surface area contributed by atoms with Crippen molar-refractivity contribution in [2.45, 2.75) is 25.8 Å². The van der Waals surface area contributed by atoms with E-state index in [9.17, 15) is 14.4 Å². The average molecular weight is 435 g/mol. The number of nitrogens with one attached hydrogen (secondary N) is 3. The molecule has 0 aliphatic carbocycles. The van der Waals surface area contributed by atoms with E-state index in [0.717, 1.165) is 0 Å². The van der Waals surface area contributed by atoms with Crippen LogP contribution in [-0.2, 0) is 9.59 Å². The maximum Gasteiger partial charge on any atom is 0.254 e. The number of rotatable bonds is 6. The molecule has 1 aromatic heterocycles. The fourth-order valence-electron chi connectivity index (χ4n) is 3.37. The second kappa shape index (κ2) is 8.88. The third-order valence-electron chi connectivity index (χ3n) is 4.95. The molecule has 1 aliphatic heterocycles. The molecule has 164 valence electrons. The molecule has 3 aromatic rings. The zero-order chi connectivity index (χ0) is 22.7. The topological polar surface area (TPSA) is 135 Å². The quantitative estimate of drug-likeness (QED) is 0.541. The number of ether oxygens (including phenoxy) is 1. The van der Waals surface area contributed by atoms with E-state index in [-0.39, 0.29) is 36.5 Å². The van der Waals surface area contributed by atoms with Crippen LogP contribution in [-0.4, -0.2) is 41.1 Å². The Morgan fingerprint density at radius 2 is 1.97 bits per heavy atom. The van der Waals surface area contributed by atoms with Gasteiger partial charge in [0.2, 0.25) is 17.7 Å². The molecule has 32 heavy (non-hydrogen) atoms. The van der Waals surface area contributed by atoms with Crippen LogP contribution in [0.3, 0.4) is 0 Å². The summed E-state index contributed by atoms with van der Waals surface area (Å²) >= 11 is 0. The van der Waals surface area contributed by atoms with E-state index in [1.54, 1.807) is 49.4 Å². The molecule has 4 rings (SSSR count). The first-order chi connectivity index (χ1) is 15.4. The zero-order valence-corrected chi connectivity index (χ0v) is 17.5. The van der Waals surface area contributed by atoms with Gasteiger partial charge >= 0.3 is 0 Å². The smallest absolute Gasteiger partial charge is 0.254 e. The third kappa shape index (κ3) is 4.43. The molecule has 0 saturated carbocycles. The number of methoxy groups -OCH3 is 1. The van der Waals surface area contributed by atoms with Crippen LogP contribution in [0.2, 0.25) is 0 Å². The lowest BCUT2D eigenvalue weighted by Crippen LogP contribution is -2.41. The fraction of sp³-hybridized carbons (Fsp3) is 0.227. The monoisotopic (exact) mass is 435 g/mol. The van der Waals surface area contributed by atoms with Gasteiger partial charge in [0.05, 0.1) is 23.9 Å². The second-order valence-corrected chi connectivity index (χ2v) is 7.19. The molecule has 2 aromatic carbocycles. The number of para-hydroxylation sites is 1. The van der Waals surface area contributed by atoms with Crippen LogP contribution in [0.5, 0.6) is 5.75 Å². The van der Waals surface area contributed by atoms with Crippen molar-refractivity contribution in [3.8, 4) is 17.2 Å². The summed E-state index contributed by atoms with van der Waals surface area (Å²) in [7, 11) is 1.52. The van der Waals surface area contributed by atoms with E-state index in [1.807, 2.05) is 0 Å². The average Bonchev–Trinajstić information content (AvgIpc) is 3.17. The van der Waals surface area contributed by atoms with Crippen molar-refractivity contribution in [3.05, 3.63) is 53.9 Å². The largest absolute Gasteiger partial charge is 0.496 e. The highest BCUT2D eigenvalue weighted by molar-refractivity contribution is 6.10. The summed E-state index contributed by atoms with van der Waals surface area (Å²) in [5.74, 6) is 0.152. The second-order valence-electron chi connectivity index (χ2n) is 7.19. The Hall–Kier alpha value is -4.21. The van der Waals surface area contributed by atoms with Crippen LogP contribution >= 0.6 is 0 Å². The normalized spacial score (nSPS) is 15.2. The van der Waals surface area contributed by atoms with Crippen molar-refractivity contribution >= 4 is 29.1 Å². The van der Waals surface area contributed by atoms with Crippen LogP contribution in [0.15, 0.2) is 46.9 Å². The molecule has 1 aliphatic rings. The van der Waals surface area contributed by atoms with Gasteiger partial charge in [-0.1, -0.05) is 12.1 Å². The van der Waals surface area contributed by atoms with E-state index >= 15 is 0 Å². The lowest BCUT2D eigenvalue weighted by molar-refractivity contribution is -0.118. The number of carbonyl (C=O) groups excluding carboxylic acids is 3. The Labute approximate surface area is 183 Å². The van der Waals surface area contributed by atoms with Gasteiger partial charge in [-0.2, -0.15) is 0 Å². The first-order valence-corrected chi connectivity index (χ1v) is 9.93. The van der Waals surface area contributed by atoms with Crippen molar-refractivity contribution in [1.29, 1.82) is 0 Å². The summed E-state index contributed by atoms with van der Waals surface area (Å²) in [6.07, 6.45) is 0.166. The van der Waals surface area contributed by atoms with Gasteiger partial charge in [0.25, 0.3) is 11.8 Å². The first kappa shape index (κ1) is 21.0. The predicted molar refractivity (Wildman–Crippen MR) is 115 cm³/mol. The highest BCUT2D eigenvalue weighted by atomic mass is 16.5. The minimum atomic E-state index is -0.826. The van der Waals surface area contributed by atoms with Gasteiger partial charge in [-0.3, -0.25) is 14.4 Å². The number of fused-ring (bicyclic) bond motifs is 1. The van der Waals surface area contributed by atoms with Crippen LogP contribution in [0.1, 0.15) is 29.1 Å². The Balaban J connectivity index is 1.41. The Morgan fingerprint density at radius 3 is 2.72 bits per heavy atom. The predicted octanol–water partition coefficient (Wildman–Crippen LogP) is 2.52. The van der Waals surface area contributed by atoms with Crippen molar-refractivity contribution in [3.63, 3.8) is 0 Å². The highest BCUT2D eigenvalue weighted by Gasteiger charge is 2.28. The number of anilines is 2. The lowest BCUT2D eigenvalue weighted by Gasteiger charge is -2.14. The van der Waals surface area contributed by atoms with Crippen molar-refractivity contribution in [1.82, 2.24) is 15.5 Å². The maximum atomic E-state index is 12.5. The maximum absolute atomic E-state index is 12.5. The molecule has 10 heteroatoms. The van der Waals surface area contributed by atoms with E-state index in [1.165, 1.54) is 7.11 Å². The first-order valence-electron chi connectivity index (χ1n) is 9.93. The number of carbonyl (C=O) groups is 3. The van der Waals surface area contributed by atoms with Gasteiger partial charge in [0, 0.05) is 19.0 Å². The van der Waals surface area contributed by atoms with E-state index in [4.69, 9.17) is 9.15 Å². The molecule has 0 fully saturated rings. The molecule has 3 N–H and O–H groups in total. The van der Waals surface area contributed by atoms with Crippen molar-refractivity contribution in [2.24, 2.45) is 0 Å². The molecule has 0 bridgehead atoms. The third-order valence-corrected chi connectivity index (χ3v) is 4.95. The van der Waals surface area contributed by atoms with Crippen LogP contribution < -0.4 is 20.7 Å². The number of hydrogen-bond acceptors (Lipinski definition) is 7.